The Morgan fingerprint density at radius 1 is 0.645 bits per heavy atom. The zero-order valence-corrected chi connectivity index (χ0v) is 19.2. The van der Waals surface area contributed by atoms with Crippen LogP contribution >= 0.6 is 0 Å². The van der Waals surface area contributed by atoms with Crippen LogP contribution in [0.5, 0.6) is 0 Å². The Labute approximate surface area is 184 Å². The third-order valence-corrected chi connectivity index (χ3v) is 8.30. The normalized spacial score (nSPS) is 18.1. The predicted octanol–water partition coefficient (Wildman–Crippen LogP) is 6.95. The minimum absolute atomic E-state index is 0.0840. The van der Waals surface area contributed by atoms with Gasteiger partial charge in [0.2, 0.25) is 0 Å². The maximum Gasteiger partial charge on any atom is 0.161 e. The minimum atomic E-state index is 0.0840. The Hall–Kier alpha value is -3.07. The van der Waals surface area contributed by atoms with Crippen molar-refractivity contribution in [2.75, 3.05) is 0 Å². The van der Waals surface area contributed by atoms with Crippen LogP contribution in [0.3, 0.4) is 0 Å². The molecule has 3 nitrogen and oxygen atoms in total. The third kappa shape index (κ3) is 2.76. The van der Waals surface area contributed by atoms with Gasteiger partial charge in [-0.05, 0) is 51.6 Å². The average Bonchev–Trinajstić information content (AvgIpc) is 2.88. The van der Waals surface area contributed by atoms with E-state index in [0.29, 0.717) is 5.82 Å². The monoisotopic (exact) mass is 407 g/mol. The molecule has 2 aromatic carbocycles. The second-order valence-corrected chi connectivity index (χ2v) is 10.3. The van der Waals surface area contributed by atoms with Crippen molar-refractivity contribution < 1.29 is 0 Å². The third-order valence-electron chi connectivity index (χ3n) is 8.30. The first-order valence-electron chi connectivity index (χ1n) is 11.0. The molecule has 5 rings (SSSR count). The number of hydrogen-bond acceptors (Lipinski definition) is 3. The van der Waals surface area contributed by atoms with E-state index in [1.165, 1.54) is 11.1 Å². The van der Waals surface area contributed by atoms with E-state index in [2.05, 4.69) is 76.9 Å². The smallest absolute Gasteiger partial charge is 0.161 e. The summed E-state index contributed by atoms with van der Waals surface area (Å²) in [5, 5.41) is 1.04. The molecule has 1 aliphatic rings. The van der Waals surface area contributed by atoms with Crippen molar-refractivity contribution in [3.8, 4) is 22.6 Å². The van der Waals surface area contributed by atoms with Crippen LogP contribution in [0.4, 0.5) is 0 Å². The Morgan fingerprint density at radius 2 is 1.35 bits per heavy atom. The summed E-state index contributed by atoms with van der Waals surface area (Å²) in [5.41, 5.74) is 7.26. The van der Waals surface area contributed by atoms with E-state index in [0.717, 1.165) is 27.7 Å². The van der Waals surface area contributed by atoms with Crippen LogP contribution in [0.1, 0.15) is 52.7 Å². The molecule has 0 saturated heterocycles. The van der Waals surface area contributed by atoms with Crippen LogP contribution in [0.2, 0.25) is 0 Å². The molecule has 0 saturated carbocycles. The fraction of sp³-hybridized carbons (Fsp3) is 0.321. The molecule has 0 amide bonds. The quantitative estimate of drug-likeness (QED) is 0.361. The van der Waals surface area contributed by atoms with Gasteiger partial charge in [0, 0.05) is 28.9 Å². The summed E-state index contributed by atoms with van der Waals surface area (Å²) in [5.74, 6) is 0.705. The summed E-state index contributed by atoms with van der Waals surface area (Å²) in [7, 11) is 0. The Bertz CT molecular complexity index is 1300. The van der Waals surface area contributed by atoms with Gasteiger partial charge in [0.1, 0.15) is 0 Å². The van der Waals surface area contributed by atoms with E-state index >= 15 is 0 Å². The SMILES string of the molecule is CC1(C)c2ccc(-c3ccc(-c4ncc5ccccc5n4)cn3)cc2C(C)(C)C1(C)C. The van der Waals surface area contributed by atoms with Gasteiger partial charge in [0.05, 0.1) is 11.2 Å². The highest BCUT2D eigenvalue weighted by Gasteiger charge is 2.56. The average molecular weight is 408 g/mol. The van der Waals surface area contributed by atoms with Crippen molar-refractivity contribution >= 4 is 10.9 Å². The van der Waals surface area contributed by atoms with Gasteiger partial charge in [-0.1, -0.05) is 71.9 Å². The molecule has 0 atom stereocenters. The van der Waals surface area contributed by atoms with Crippen LogP contribution in [0, 0.1) is 5.41 Å². The lowest BCUT2D eigenvalue weighted by Crippen LogP contribution is -2.42. The molecule has 0 fully saturated rings. The Kier molecular flexibility index (Phi) is 4.14. The lowest BCUT2D eigenvalue weighted by molar-refractivity contribution is 0.125. The highest BCUT2D eigenvalue weighted by molar-refractivity contribution is 5.79. The van der Waals surface area contributed by atoms with Gasteiger partial charge in [-0.25, -0.2) is 9.97 Å². The summed E-state index contributed by atoms with van der Waals surface area (Å²) in [6.45, 7) is 14.3. The zero-order valence-electron chi connectivity index (χ0n) is 19.2. The molecule has 0 radical (unpaired) electrons. The van der Waals surface area contributed by atoms with Gasteiger partial charge in [0.15, 0.2) is 5.82 Å². The summed E-state index contributed by atoms with van der Waals surface area (Å²) < 4.78 is 0. The Morgan fingerprint density at radius 3 is 2.10 bits per heavy atom. The molecule has 0 spiro atoms. The summed E-state index contributed by atoms with van der Waals surface area (Å²) in [6, 6.07) is 19.1. The first-order chi connectivity index (χ1) is 14.6. The number of pyridine rings is 1. The molecular formula is C28H29N3. The van der Waals surface area contributed by atoms with Crippen molar-refractivity contribution in [2.24, 2.45) is 5.41 Å². The van der Waals surface area contributed by atoms with Crippen molar-refractivity contribution in [1.82, 2.24) is 15.0 Å². The largest absolute Gasteiger partial charge is 0.255 e. The van der Waals surface area contributed by atoms with Crippen LogP contribution in [0.25, 0.3) is 33.5 Å². The Balaban J connectivity index is 1.53. The maximum absolute atomic E-state index is 4.77. The van der Waals surface area contributed by atoms with E-state index in [1.54, 1.807) is 0 Å². The highest BCUT2D eigenvalue weighted by atomic mass is 14.9. The first-order valence-corrected chi connectivity index (χ1v) is 11.0. The standard InChI is InChI=1S/C28H29N3/c1-26(2)21-13-11-18(15-22(21)27(3,4)28(26,5)6)23-14-12-20(17-29-23)25-30-16-19-9-7-8-10-24(19)31-25/h7-17H,1-6H3. The van der Waals surface area contributed by atoms with Crippen molar-refractivity contribution in [1.29, 1.82) is 0 Å². The molecular weight excluding hydrogens is 378 g/mol. The number of nitrogens with zero attached hydrogens (tertiary/aromatic N) is 3. The molecule has 0 unspecified atom stereocenters. The second kappa shape index (κ2) is 6.46. The van der Waals surface area contributed by atoms with Gasteiger partial charge < -0.3 is 0 Å². The van der Waals surface area contributed by atoms with Crippen LogP contribution in [-0.4, -0.2) is 15.0 Å². The van der Waals surface area contributed by atoms with Crippen molar-refractivity contribution in [3.63, 3.8) is 0 Å². The number of fused-ring (bicyclic) bond motifs is 2. The lowest BCUT2D eigenvalue weighted by atomic mass is 9.59. The van der Waals surface area contributed by atoms with Crippen LogP contribution in [0.15, 0.2) is 67.0 Å². The fourth-order valence-electron chi connectivity index (χ4n) is 5.03. The summed E-state index contributed by atoms with van der Waals surface area (Å²) >= 11 is 0. The summed E-state index contributed by atoms with van der Waals surface area (Å²) in [6.07, 6.45) is 3.75. The minimum Gasteiger partial charge on any atom is -0.255 e. The molecule has 2 aromatic heterocycles. The van der Waals surface area contributed by atoms with E-state index in [4.69, 9.17) is 9.97 Å². The predicted molar refractivity (Wildman–Crippen MR) is 128 cm³/mol. The number of hydrogen-bond donors (Lipinski definition) is 0. The molecule has 156 valence electrons. The highest BCUT2D eigenvalue weighted by Crippen LogP contribution is 2.61. The molecule has 4 aromatic rings. The van der Waals surface area contributed by atoms with E-state index < -0.39 is 0 Å². The molecule has 2 heterocycles. The van der Waals surface area contributed by atoms with Gasteiger partial charge >= 0.3 is 0 Å². The van der Waals surface area contributed by atoms with Gasteiger partial charge in [-0.2, -0.15) is 0 Å². The molecule has 0 bridgehead atoms. The molecule has 31 heavy (non-hydrogen) atoms. The first kappa shape index (κ1) is 19.9. The van der Waals surface area contributed by atoms with Gasteiger partial charge in [0.25, 0.3) is 0 Å². The van der Waals surface area contributed by atoms with Crippen LogP contribution < -0.4 is 0 Å². The molecule has 0 N–H and O–H groups in total. The molecule has 0 aliphatic heterocycles. The fourth-order valence-corrected chi connectivity index (χ4v) is 5.03. The van der Waals surface area contributed by atoms with E-state index in [9.17, 15) is 0 Å². The topological polar surface area (TPSA) is 38.7 Å². The van der Waals surface area contributed by atoms with E-state index in [-0.39, 0.29) is 16.2 Å². The number of para-hydroxylation sites is 1. The zero-order chi connectivity index (χ0) is 22.0. The number of rotatable bonds is 2. The number of benzene rings is 2. The lowest BCUT2D eigenvalue weighted by Gasteiger charge is -2.44. The molecule has 1 aliphatic carbocycles. The van der Waals surface area contributed by atoms with Gasteiger partial charge in [-0.15, -0.1) is 0 Å². The molecule has 3 heteroatoms. The maximum atomic E-state index is 4.77. The van der Waals surface area contributed by atoms with Crippen molar-refractivity contribution in [3.05, 3.63) is 78.1 Å². The summed E-state index contributed by atoms with van der Waals surface area (Å²) in [4.78, 5) is 14.0. The van der Waals surface area contributed by atoms with Crippen LogP contribution in [-0.2, 0) is 10.8 Å². The van der Waals surface area contributed by atoms with Gasteiger partial charge in [-0.3, -0.25) is 4.98 Å². The second-order valence-electron chi connectivity index (χ2n) is 10.3. The van der Waals surface area contributed by atoms with E-state index in [1.807, 2.05) is 36.7 Å². The number of aromatic nitrogens is 3. The van der Waals surface area contributed by atoms with Crippen molar-refractivity contribution in [2.45, 2.75) is 52.4 Å².